The number of esters is 1. The van der Waals surface area contributed by atoms with E-state index in [1.165, 1.54) is 29.5 Å². The number of anilines is 2. The van der Waals surface area contributed by atoms with Crippen LogP contribution in [0.3, 0.4) is 0 Å². The minimum atomic E-state index is -0.738. The molecular weight excluding hydrogens is 378 g/mol. The van der Waals surface area contributed by atoms with Gasteiger partial charge in [0.05, 0.1) is 11.1 Å². The molecule has 1 aliphatic rings. The number of ether oxygens (including phenoxy) is 1. The molecule has 0 saturated heterocycles. The van der Waals surface area contributed by atoms with Gasteiger partial charge in [0.1, 0.15) is 5.00 Å². The number of primary amides is 1. The molecule has 5 N–H and O–H groups in total. The van der Waals surface area contributed by atoms with Crippen molar-refractivity contribution in [2.45, 2.75) is 19.3 Å². The van der Waals surface area contributed by atoms with Crippen LogP contribution in [0.25, 0.3) is 0 Å². The number of benzene rings is 1. The molecule has 26 heavy (non-hydrogen) atoms. The normalized spacial score (nSPS) is 12.5. The van der Waals surface area contributed by atoms with Crippen molar-refractivity contribution < 1.29 is 19.1 Å². The third-order valence-electron chi connectivity index (χ3n) is 3.99. The maximum absolute atomic E-state index is 12.1. The van der Waals surface area contributed by atoms with Crippen molar-refractivity contribution in [3.8, 4) is 0 Å². The standard InChI is InChI=1S/C17H16ClN3O4S/c18-8-4-5-9(11(19)6-8)17(24)25-7-13(22)21-16-14(15(20)23)10-2-1-3-12(10)26-16/h4-6H,1-3,7,19H2,(H2,20,23)(H,21,22). The molecule has 2 amide bonds. The van der Waals surface area contributed by atoms with E-state index in [9.17, 15) is 14.4 Å². The average Bonchev–Trinajstić information content (AvgIpc) is 3.12. The van der Waals surface area contributed by atoms with Gasteiger partial charge in [0.15, 0.2) is 6.61 Å². The smallest absolute Gasteiger partial charge is 0.340 e. The monoisotopic (exact) mass is 393 g/mol. The molecule has 136 valence electrons. The number of amides is 2. The predicted molar refractivity (Wildman–Crippen MR) is 99.6 cm³/mol. The third kappa shape index (κ3) is 3.66. The zero-order valence-corrected chi connectivity index (χ0v) is 15.2. The second-order valence-electron chi connectivity index (χ2n) is 5.78. The fourth-order valence-corrected chi connectivity index (χ4v) is 4.34. The Kier molecular flexibility index (Phi) is 5.15. The van der Waals surface area contributed by atoms with Crippen LogP contribution in [-0.2, 0) is 22.4 Å². The SMILES string of the molecule is NC(=O)c1c(NC(=O)COC(=O)c2ccc(Cl)cc2N)sc2c1CCC2. The van der Waals surface area contributed by atoms with Gasteiger partial charge in [0.25, 0.3) is 11.8 Å². The number of halogens is 1. The van der Waals surface area contributed by atoms with Crippen LogP contribution >= 0.6 is 22.9 Å². The highest BCUT2D eigenvalue weighted by Gasteiger charge is 2.26. The van der Waals surface area contributed by atoms with Gasteiger partial charge in [0.2, 0.25) is 0 Å². The number of aryl methyl sites for hydroxylation is 1. The number of hydrogen-bond donors (Lipinski definition) is 3. The van der Waals surface area contributed by atoms with E-state index in [-0.39, 0.29) is 11.3 Å². The fourth-order valence-electron chi connectivity index (χ4n) is 2.84. The second kappa shape index (κ2) is 7.35. The Morgan fingerprint density at radius 2 is 2.04 bits per heavy atom. The molecule has 0 unspecified atom stereocenters. The lowest BCUT2D eigenvalue weighted by Gasteiger charge is -2.08. The summed E-state index contributed by atoms with van der Waals surface area (Å²) in [6.45, 7) is -0.512. The Bertz CT molecular complexity index is 910. The molecule has 0 fully saturated rings. The highest BCUT2D eigenvalue weighted by atomic mass is 35.5. The summed E-state index contributed by atoms with van der Waals surface area (Å²) >= 11 is 7.11. The van der Waals surface area contributed by atoms with Gasteiger partial charge in [0, 0.05) is 15.6 Å². The zero-order chi connectivity index (χ0) is 18.8. The van der Waals surface area contributed by atoms with Crippen molar-refractivity contribution in [2.24, 2.45) is 5.73 Å². The van der Waals surface area contributed by atoms with Gasteiger partial charge in [-0.05, 0) is 43.0 Å². The van der Waals surface area contributed by atoms with E-state index in [0.29, 0.717) is 15.6 Å². The lowest BCUT2D eigenvalue weighted by molar-refractivity contribution is -0.119. The van der Waals surface area contributed by atoms with Crippen LogP contribution in [0.2, 0.25) is 5.02 Å². The molecule has 7 nitrogen and oxygen atoms in total. The van der Waals surface area contributed by atoms with Crippen molar-refractivity contribution in [3.05, 3.63) is 44.8 Å². The molecule has 0 saturated carbocycles. The number of nitrogen functional groups attached to an aromatic ring is 1. The minimum Gasteiger partial charge on any atom is -0.452 e. The van der Waals surface area contributed by atoms with Crippen molar-refractivity contribution in [3.63, 3.8) is 0 Å². The number of carbonyl (C=O) groups excluding carboxylic acids is 3. The Morgan fingerprint density at radius 3 is 2.73 bits per heavy atom. The summed E-state index contributed by atoms with van der Waals surface area (Å²) in [5.74, 6) is -1.88. The van der Waals surface area contributed by atoms with Crippen LogP contribution in [0.5, 0.6) is 0 Å². The zero-order valence-electron chi connectivity index (χ0n) is 13.6. The average molecular weight is 394 g/mol. The van der Waals surface area contributed by atoms with Gasteiger partial charge in [-0.25, -0.2) is 4.79 Å². The number of fused-ring (bicyclic) bond motifs is 1. The van der Waals surface area contributed by atoms with E-state index in [0.717, 1.165) is 29.7 Å². The van der Waals surface area contributed by atoms with Crippen LogP contribution in [0.1, 0.15) is 37.6 Å². The van der Waals surface area contributed by atoms with Crippen molar-refractivity contribution in [1.82, 2.24) is 0 Å². The molecule has 1 aromatic heterocycles. The molecule has 9 heteroatoms. The molecule has 2 aromatic rings. The first kappa shape index (κ1) is 18.2. The molecule has 1 heterocycles. The lowest BCUT2D eigenvalue weighted by Crippen LogP contribution is -2.23. The minimum absolute atomic E-state index is 0.120. The van der Waals surface area contributed by atoms with Crippen LogP contribution in [0.15, 0.2) is 18.2 Å². The van der Waals surface area contributed by atoms with Gasteiger partial charge in [-0.1, -0.05) is 11.6 Å². The Morgan fingerprint density at radius 1 is 1.27 bits per heavy atom. The second-order valence-corrected chi connectivity index (χ2v) is 7.32. The van der Waals surface area contributed by atoms with Gasteiger partial charge in [-0.2, -0.15) is 0 Å². The van der Waals surface area contributed by atoms with E-state index >= 15 is 0 Å². The van der Waals surface area contributed by atoms with Crippen LogP contribution in [0, 0.1) is 0 Å². The Labute approximate surface area is 158 Å². The van der Waals surface area contributed by atoms with Gasteiger partial charge < -0.3 is 21.5 Å². The molecule has 3 rings (SSSR count). The van der Waals surface area contributed by atoms with Crippen molar-refractivity contribution in [1.29, 1.82) is 0 Å². The molecule has 0 radical (unpaired) electrons. The Balaban J connectivity index is 1.65. The molecule has 1 aliphatic carbocycles. The van der Waals surface area contributed by atoms with E-state index in [4.69, 9.17) is 27.8 Å². The number of hydrogen-bond acceptors (Lipinski definition) is 6. The summed E-state index contributed by atoms with van der Waals surface area (Å²) in [4.78, 5) is 36.9. The largest absolute Gasteiger partial charge is 0.452 e. The first-order chi connectivity index (χ1) is 12.4. The Hall–Kier alpha value is -2.58. The predicted octanol–water partition coefficient (Wildman–Crippen LogP) is 2.37. The molecule has 1 aromatic carbocycles. The van der Waals surface area contributed by atoms with E-state index in [1.807, 2.05) is 0 Å². The van der Waals surface area contributed by atoms with E-state index in [2.05, 4.69) is 5.32 Å². The molecule has 0 spiro atoms. The molecule has 0 aliphatic heterocycles. The maximum atomic E-state index is 12.1. The summed E-state index contributed by atoms with van der Waals surface area (Å²) in [6, 6.07) is 4.35. The van der Waals surface area contributed by atoms with Gasteiger partial charge in [-0.3, -0.25) is 9.59 Å². The molecule has 0 atom stereocenters. The topological polar surface area (TPSA) is 125 Å². The van der Waals surface area contributed by atoms with E-state index in [1.54, 1.807) is 0 Å². The highest BCUT2D eigenvalue weighted by Crippen LogP contribution is 2.38. The highest BCUT2D eigenvalue weighted by molar-refractivity contribution is 7.17. The molecule has 0 bridgehead atoms. The first-order valence-corrected chi connectivity index (χ1v) is 9.02. The van der Waals surface area contributed by atoms with Crippen LogP contribution in [0.4, 0.5) is 10.7 Å². The van der Waals surface area contributed by atoms with Crippen LogP contribution in [-0.4, -0.2) is 24.4 Å². The summed E-state index contributed by atoms with van der Waals surface area (Å²) in [7, 11) is 0. The molecular formula is C17H16ClN3O4S. The number of nitrogens with one attached hydrogen (secondary N) is 1. The fraction of sp³-hybridized carbons (Fsp3) is 0.235. The first-order valence-electron chi connectivity index (χ1n) is 7.83. The lowest BCUT2D eigenvalue weighted by atomic mass is 10.1. The maximum Gasteiger partial charge on any atom is 0.340 e. The van der Waals surface area contributed by atoms with Gasteiger partial charge >= 0.3 is 5.97 Å². The number of rotatable bonds is 5. The van der Waals surface area contributed by atoms with Crippen LogP contribution < -0.4 is 16.8 Å². The van der Waals surface area contributed by atoms with Crippen molar-refractivity contribution >= 4 is 51.4 Å². The summed E-state index contributed by atoms with van der Waals surface area (Å²) in [5, 5.41) is 3.39. The summed E-state index contributed by atoms with van der Waals surface area (Å²) in [6.07, 6.45) is 2.60. The summed E-state index contributed by atoms with van der Waals surface area (Å²) in [5.41, 5.74) is 12.7. The number of carbonyl (C=O) groups is 3. The van der Waals surface area contributed by atoms with Crippen molar-refractivity contribution in [2.75, 3.05) is 17.7 Å². The number of thiophene rings is 1. The quantitative estimate of drug-likeness (QED) is 0.531. The van der Waals surface area contributed by atoms with Gasteiger partial charge in [-0.15, -0.1) is 11.3 Å². The number of nitrogens with two attached hydrogens (primary N) is 2. The third-order valence-corrected chi connectivity index (χ3v) is 5.43. The van der Waals surface area contributed by atoms with E-state index < -0.39 is 24.4 Å². The summed E-state index contributed by atoms with van der Waals surface area (Å²) < 4.78 is 4.97.